The number of hydrogen-bond acceptors (Lipinski definition) is 3. The summed E-state index contributed by atoms with van der Waals surface area (Å²) < 4.78 is 13.5. The van der Waals surface area contributed by atoms with Gasteiger partial charge in [-0.2, -0.15) is 0 Å². The lowest BCUT2D eigenvalue weighted by molar-refractivity contribution is -0.125. The van der Waals surface area contributed by atoms with Crippen molar-refractivity contribution in [3.05, 3.63) is 35.1 Å². The van der Waals surface area contributed by atoms with Crippen molar-refractivity contribution in [1.82, 2.24) is 9.80 Å². The Morgan fingerprint density at radius 3 is 2.58 bits per heavy atom. The molecule has 7 heteroatoms. The van der Waals surface area contributed by atoms with Crippen LogP contribution in [-0.2, 0) is 11.3 Å². The number of hydrogen-bond donors (Lipinski definition) is 1. The first kappa shape index (κ1) is 13.0. The fraction of sp³-hybridized carbons (Fsp3) is 0.250. The van der Waals surface area contributed by atoms with Crippen LogP contribution in [0.2, 0.25) is 0 Å². The molecule has 0 bridgehead atoms. The Balaban J connectivity index is 2.21. The number of carbonyl (C=O) groups is 3. The van der Waals surface area contributed by atoms with Crippen LogP contribution in [0.4, 0.5) is 9.18 Å². The van der Waals surface area contributed by atoms with Gasteiger partial charge >= 0.3 is 12.0 Å². The van der Waals surface area contributed by atoms with Gasteiger partial charge in [0.2, 0.25) is 0 Å². The van der Waals surface area contributed by atoms with Crippen LogP contribution in [0.1, 0.15) is 15.9 Å². The fourth-order valence-corrected chi connectivity index (χ4v) is 1.84. The number of carbonyl (C=O) groups excluding carboxylic acids is 2. The molecule has 0 spiro atoms. The Morgan fingerprint density at radius 1 is 1.42 bits per heavy atom. The first-order chi connectivity index (χ1) is 8.90. The summed E-state index contributed by atoms with van der Waals surface area (Å²) >= 11 is 0. The number of aromatic carboxylic acids is 1. The van der Waals surface area contributed by atoms with Gasteiger partial charge in [-0.25, -0.2) is 14.0 Å². The van der Waals surface area contributed by atoms with Gasteiger partial charge in [0.15, 0.2) is 0 Å². The average molecular weight is 266 g/mol. The molecule has 19 heavy (non-hydrogen) atoms. The minimum Gasteiger partial charge on any atom is -0.478 e. The van der Waals surface area contributed by atoms with E-state index in [1.165, 1.54) is 18.0 Å². The molecule has 100 valence electrons. The number of carboxylic acids is 1. The number of benzene rings is 1. The monoisotopic (exact) mass is 266 g/mol. The Hall–Kier alpha value is -2.44. The van der Waals surface area contributed by atoms with Crippen LogP contribution in [-0.4, -0.2) is 46.4 Å². The zero-order chi connectivity index (χ0) is 14.2. The third-order valence-corrected chi connectivity index (χ3v) is 2.84. The largest absolute Gasteiger partial charge is 0.478 e. The number of urea groups is 1. The summed E-state index contributed by atoms with van der Waals surface area (Å²) in [5.41, 5.74) is -0.0838. The number of carboxylic acid groups (broad SMARTS) is 1. The second-order valence-electron chi connectivity index (χ2n) is 4.24. The molecule has 6 nitrogen and oxygen atoms in total. The van der Waals surface area contributed by atoms with Crippen molar-refractivity contribution >= 4 is 17.9 Å². The normalized spacial score (nSPS) is 15.3. The Labute approximate surface area is 108 Å². The molecule has 0 aromatic heterocycles. The summed E-state index contributed by atoms with van der Waals surface area (Å²) in [5, 5.41) is 8.69. The highest BCUT2D eigenvalue weighted by atomic mass is 19.1. The van der Waals surface area contributed by atoms with Crippen LogP contribution >= 0.6 is 0 Å². The molecule has 0 saturated carbocycles. The fourth-order valence-electron chi connectivity index (χ4n) is 1.84. The van der Waals surface area contributed by atoms with E-state index in [-0.39, 0.29) is 19.0 Å². The van der Waals surface area contributed by atoms with Gasteiger partial charge in [0.25, 0.3) is 5.91 Å². The predicted octanol–water partition coefficient (Wildman–Crippen LogP) is 0.918. The molecule has 2 rings (SSSR count). The molecule has 0 atom stereocenters. The molecule has 0 aliphatic carbocycles. The van der Waals surface area contributed by atoms with Crippen molar-refractivity contribution < 1.29 is 23.9 Å². The van der Waals surface area contributed by atoms with Crippen molar-refractivity contribution in [3.63, 3.8) is 0 Å². The maximum Gasteiger partial charge on any atom is 0.338 e. The van der Waals surface area contributed by atoms with E-state index in [1.807, 2.05) is 0 Å². The van der Waals surface area contributed by atoms with Crippen molar-refractivity contribution in [3.8, 4) is 0 Å². The number of amides is 3. The van der Waals surface area contributed by atoms with E-state index in [0.717, 1.165) is 17.0 Å². The van der Waals surface area contributed by atoms with E-state index >= 15 is 0 Å². The van der Waals surface area contributed by atoms with Crippen LogP contribution in [0, 0.1) is 5.82 Å². The van der Waals surface area contributed by atoms with Gasteiger partial charge in [-0.3, -0.25) is 9.69 Å². The zero-order valence-corrected chi connectivity index (χ0v) is 10.1. The predicted molar refractivity (Wildman–Crippen MR) is 61.9 cm³/mol. The Bertz CT molecular complexity index is 573. The lowest BCUT2D eigenvalue weighted by Gasteiger charge is -2.14. The molecule has 1 aliphatic heterocycles. The van der Waals surface area contributed by atoms with Gasteiger partial charge in [-0.15, -0.1) is 0 Å². The van der Waals surface area contributed by atoms with Crippen LogP contribution in [0.3, 0.4) is 0 Å². The maximum absolute atomic E-state index is 13.5. The van der Waals surface area contributed by atoms with E-state index in [1.54, 1.807) is 0 Å². The topological polar surface area (TPSA) is 77.9 Å². The highest BCUT2D eigenvalue weighted by Crippen LogP contribution is 2.16. The highest BCUT2D eigenvalue weighted by Gasteiger charge is 2.33. The first-order valence-electron chi connectivity index (χ1n) is 5.47. The van der Waals surface area contributed by atoms with Crippen molar-refractivity contribution in [1.29, 1.82) is 0 Å². The van der Waals surface area contributed by atoms with E-state index in [4.69, 9.17) is 5.11 Å². The molecule has 0 unspecified atom stereocenters. The molecule has 1 saturated heterocycles. The van der Waals surface area contributed by atoms with E-state index in [9.17, 15) is 18.8 Å². The lowest BCUT2D eigenvalue weighted by atomic mass is 10.1. The summed E-state index contributed by atoms with van der Waals surface area (Å²) in [6, 6.07) is 3.06. The molecular weight excluding hydrogens is 255 g/mol. The van der Waals surface area contributed by atoms with E-state index < -0.39 is 23.4 Å². The number of likely N-dealkylation sites (N-methyl/N-ethyl adjacent to an activating group) is 1. The van der Waals surface area contributed by atoms with E-state index in [0.29, 0.717) is 5.56 Å². The molecular formula is C12H11FN2O4. The molecule has 0 radical (unpaired) electrons. The van der Waals surface area contributed by atoms with Crippen LogP contribution < -0.4 is 0 Å². The van der Waals surface area contributed by atoms with Gasteiger partial charge in [-0.05, 0) is 17.7 Å². The Kier molecular flexibility index (Phi) is 3.20. The number of halogens is 1. The van der Waals surface area contributed by atoms with Gasteiger partial charge in [0.1, 0.15) is 12.4 Å². The molecule has 1 aromatic rings. The van der Waals surface area contributed by atoms with Crippen LogP contribution in [0.5, 0.6) is 0 Å². The third kappa shape index (κ3) is 2.40. The van der Waals surface area contributed by atoms with Gasteiger partial charge in [-0.1, -0.05) is 6.07 Å². The van der Waals surface area contributed by atoms with Gasteiger partial charge in [0.05, 0.1) is 12.1 Å². The average Bonchev–Trinajstić information content (AvgIpc) is 2.56. The molecule has 1 N–H and O–H groups in total. The third-order valence-electron chi connectivity index (χ3n) is 2.84. The molecule has 3 amide bonds. The van der Waals surface area contributed by atoms with Crippen molar-refractivity contribution in [2.45, 2.75) is 6.54 Å². The smallest absolute Gasteiger partial charge is 0.338 e. The maximum atomic E-state index is 13.5. The van der Waals surface area contributed by atoms with Gasteiger partial charge in [0, 0.05) is 7.05 Å². The minimum absolute atomic E-state index is 0.00543. The summed E-state index contributed by atoms with van der Waals surface area (Å²) in [6.07, 6.45) is 0. The van der Waals surface area contributed by atoms with Crippen LogP contribution in [0.25, 0.3) is 0 Å². The van der Waals surface area contributed by atoms with Crippen molar-refractivity contribution in [2.75, 3.05) is 13.6 Å². The summed E-state index contributed by atoms with van der Waals surface area (Å²) in [5.74, 6) is -2.62. The molecule has 1 aromatic carbocycles. The number of rotatable bonds is 3. The summed E-state index contributed by atoms with van der Waals surface area (Å²) in [4.78, 5) is 36.1. The minimum atomic E-state index is -1.36. The SMILES string of the molecule is CN1CC(=O)N(Cc2ccc(C(=O)O)c(F)c2)C1=O. The second kappa shape index (κ2) is 4.68. The van der Waals surface area contributed by atoms with E-state index in [2.05, 4.69) is 0 Å². The quantitative estimate of drug-likeness (QED) is 0.825. The molecule has 1 heterocycles. The Morgan fingerprint density at radius 2 is 2.11 bits per heavy atom. The van der Waals surface area contributed by atoms with Crippen molar-refractivity contribution in [2.24, 2.45) is 0 Å². The van der Waals surface area contributed by atoms with Gasteiger partial charge < -0.3 is 10.0 Å². The lowest BCUT2D eigenvalue weighted by Crippen LogP contribution is -2.31. The summed E-state index contributed by atoms with van der Waals surface area (Å²) in [7, 11) is 1.49. The molecule has 1 fully saturated rings. The second-order valence-corrected chi connectivity index (χ2v) is 4.24. The summed E-state index contributed by atoms with van der Waals surface area (Å²) in [6.45, 7) is -0.0760. The first-order valence-corrected chi connectivity index (χ1v) is 5.47. The standard InChI is InChI=1S/C12H11FN2O4/c1-14-6-10(16)15(12(14)19)5-7-2-3-8(11(17)18)9(13)4-7/h2-4H,5-6H2,1H3,(H,17,18). The van der Waals surface area contributed by atoms with Crippen LogP contribution in [0.15, 0.2) is 18.2 Å². The number of nitrogens with zero attached hydrogens (tertiary/aromatic N) is 2. The number of imide groups is 1. The molecule has 1 aliphatic rings. The highest BCUT2D eigenvalue weighted by molar-refractivity contribution is 6.01. The zero-order valence-electron chi connectivity index (χ0n) is 10.1.